The maximum atomic E-state index is 13.3. The topological polar surface area (TPSA) is 79.3 Å². The van der Waals surface area contributed by atoms with Crippen LogP contribution in [0.3, 0.4) is 0 Å². The third-order valence-corrected chi connectivity index (χ3v) is 6.45. The van der Waals surface area contributed by atoms with Crippen molar-refractivity contribution in [3.63, 3.8) is 0 Å². The van der Waals surface area contributed by atoms with Gasteiger partial charge in [-0.05, 0) is 42.0 Å². The molecule has 0 unspecified atom stereocenters. The molecule has 3 amide bonds. The van der Waals surface area contributed by atoms with Gasteiger partial charge in [-0.2, -0.15) is 18.3 Å². The quantitative estimate of drug-likeness (QED) is 0.236. The van der Waals surface area contributed by atoms with E-state index < -0.39 is 23.7 Å². The van der Waals surface area contributed by atoms with Crippen LogP contribution in [0.1, 0.15) is 37.6 Å². The molecule has 0 aliphatic heterocycles. The normalized spacial score (nSPS) is 11.7. The summed E-state index contributed by atoms with van der Waals surface area (Å²) in [6.07, 6.45) is -4.50. The molecule has 1 heterocycles. The summed E-state index contributed by atoms with van der Waals surface area (Å²) in [5, 5.41) is 10.5. The van der Waals surface area contributed by atoms with E-state index in [4.69, 9.17) is 11.6 Å². The summed E-state index contributed by atoms with van der Waals surface area (Å²) in [4.78, 5) is 27.8. The zero-order valence-electron chi connectivity index (χ0n) is 22.7. The number of alkyl halides is 3. The van der Waals surface area contributed by atoms with Gasteiger partial charge < -0.3 is 15.5 Å². The monoisotopic (exact) mass is 583 g/mol. The van der Waals surface area contributed by atoms with Crippen molar-refractivity contribution in [3.8, 4) is 5.69 Å². The lowest BCUT2D eigenvalue weighted by atomic mass is 9.92. The molecule has 4 aromatic rings. The number of hydrogen-bond donors (Lipinski definition) is 2. The number of carbonyl (C=O) groups excluding carboxylic acids is 2. The molecule has 0 spiro atoms. The van der Waals surface area contributed by atoms with Gasteiger partial charge in [0, 0.05) is 23.7 Å². The number of carbonyl (C=O) groups is 2. The van der Waals surface area contributed by atoms with Crippen LogP contribution in [0.4, 0.5) is 29.5 Å². The maximum Gasteiger partial charge on any atom is 0.416 e. The largest absolute Gasteiger partial charge is 0.416 e. The number of nitrogens with zero attached hydrogens (tertiary/aromatic N) is 3. The van der Waals surface area contributed by atoms with Gasteiger partial charge in [0.2, 0.25) is 5.91 Å². The number of halogens is 4. The molecule has 0 bridgehead atoms. The van der Waals surface area contributed by atoms with Gasteiger partial charge >= 0.3 is 12.2 Å². The van der Waals surface area contributed by atoms with Crippen LogP contribution in [0.25, 0.3) is 5.69 Å². The zero-order valence-corrected chi connectivity index (χ0v) is 23.4. The fraction of sp³-hybridized carbons (Fsp3) is 0.233. The molecular weight excluding hydrogens is 555 g/mol. The van der Waals surface area contributed by atoms with Crippen LogP contribution in [0.2, 0.25) is 5.02 Å². The number of benzene rings is 3. The lowest BCUT2D eigenvalue weighted by Crippen LogP contribution is -2.40. The highest BCUT2D eigenvalue weighted by Gasteiger charge is 2.30. The molecule has 11 heteroatoms. The van der Waals surface area contributed by atoms with Crippen LogP contribution in [-0.4, -0.2) is 33.2 Å². The van der Waals surface area contributed by atoms with Gasteiger partial charge in [-0.1, -0.05) is 74.8 Å². The molecule has 0 aliphatic carbocycles. The summed E-state index contributed by atoms with van der Waals surface area (Å²) in [5.41, 5.74) is 1.05. The van der Waals surface area contributed by atoms with E-state index in [1.54, 1.807) is 59.3 Å². The number of para-hydroxylation sites is 1. The molecule has 4 rings (SSSR count). The Morgan fingerprint density at radius 3 is 2.15 bits per heavy atom. The minimum atomic E-state index is -4.50. The Morgan fingerprint density at radius 1 is 0.902 bits per heavy atom. The van der Waals surface area contributed by atoms with Crippen molar-refractivity contribution < 1.29 is 22.8 Å². The Bertz CT molecular complexity index is 1510. The van der Waals surface area contributed by atoms with Gasteiger partial charge in [-0.3, -0.25) is 4.79 Å². The average Bonchev–Trinajstić information content (AvgIpc) is 3.33. The predicted octanol–water partition coefficient (Wildman–Crippen LogP) is 7.51. The third-order valence-electron chi connectivity index (χ3n) is 6.13. The number of aromatic nitrogens is 2. The van der Waals surface area contributed by atoms with Crippen molar-refractivity contribution in [2.75, 3.05) is 17.2 Å². The van der Waals surface area contributed by atoms with Crippen LogP contribution < -0.4 is 10.6 Å². The number of rotatable bonds is 7. The molecule has 2 N–H and O–H groups in total. The number of amides is 3. The molecule has 0 saturated carbocycles. The Morgan fingerprint density at radius 2 is 1.54 bits per heavy atom. The second kappa shape index (κ2) is 12.1. The molecule has 41 heavy (non-hydrogen) atoms. The smallest absolute Gasteiger partial charge is 0.311 e. The van der Waals surface area contributed by atoms with E-state index in [0.29, 0.717) is 22.2 Å². The first-order chi connectivity index (χ1) is 19.3. The average molecular weight is 584 g/mol. The number of urea groups is 1. The molecule has 0 radical (unpaired) electrons. The van der Waals surface area contributed by atoms with E-state index in [1.807, 2.05) is 26.8 Å². The van der Waals surface area contributed by atoms with Gasteiger partial charge in [-0.15, -0.1) is 0 Å². The minimum Gasteiger partial charge on any atom is -0.311 e. The Labute approximate surface area is 240 Å². The maximum absolute atomic E-state index is 13.3. The molecule has 3 aromatic carbocycles. The SMILES string of the molecule is CC(C)(C)c1cc(NC(=O)CN(Cc2ccccc2)C(=O)Nc2ccc(C(F)(F)F)cc2)n(-c2ccccc2Cl)n1. The standard InChI is InChI=1S/C30H29ClF3N5O2/c1-29(2,3)25-17-26(39(37-25)24-12-8-7-11-23(24)31)36-27(40)19-38(18-20-9-5-4-6-10-20)28(41)35-22-15-13-21(14-16-22)30(32,33)34/h4-17H,18-19H2,1-3H3,(H,35,41)(H,36,40). The van der Waals surface area contributed by atoms with Crippen LogP contribution in [-0.2, 0) is 22.9 Å². The molecule has 214 valence electrons. The van der Waals surface area contributed by atoms with Crippen LogP contribution >= 0.6 is 11.6 Å². The number of anilines is 2. The Hall–Kier alpha value is -4.31. The Balaban J connectivity index is 1.57. The van der Waals surface area contributed by atoms with Crippen LogP contribution in [0.15, 0.2) is 84.9 Å². The van der Waals surface area contributed by atoms with Crippen LogP contribution in [0, 0.1) is 0 Å². The predicted molar refractivity (Wildman–Crippen MR) is 153 cm³/mol. The molecule has 0 fully saturated rings. The first-order valence-corrected chi connectivity index (χ1v) is 13.1. The molecule has 7 nitrogen and oxygen atoms in total. The highest BCUT2D eigenvalue weighted by atomic mass is 35.5. The highest BCUT2D eigenvalue weighted by molar-refractivity contribution is 6.32. The lowest BCUT2D eigenvalue weighted by molar-refractivity contribution is -0.137. The van der Waals surface area contributed by atoms with Gasteiger partial charge in [0.05, 0.1) is 22.0 Å². The summed E-state index contributed by atoms with van der Waals surface area (Å²) in [6.45, 7) is 5.71. The number of hydrogen-bond acceptors (Lipinski definition) is 3. The second-order valence-electron chi connectivity index (χ2n) is 10.4. The van der Waals surface area contributed by atoms with Crippen molar-refractivity contribution in [1.82, 2.24) is 14.7 Å². The van der Waals surface area contributed by atoms with E-state index in [1.165, 1.54) is 4.90 Å². The summed E-state index contributed by atoms with van der Waals surface area (Å²) < 4.78 is 40.4. The van der Waals surface area contributed by atoms with Crippen molar-refractivity contribution in [2.24, 2.45) is 0 Å². The summed E-state index contributed by atoms with van der Waals surface area (Å²) >= 11 is 6.42. The van der Waals surface area contributed by atoms with Crippen molar-refractivity contribution in [2.45, 2.75) is 38.9 Å². The van der Waals surface area contributed by atoms with Gasteiger partial charge in [-0.25, -0.2) is 9.48 Å². The van der Waals surface area contributed by atoms with Gasteiger partial charge in [0.15, 0.2) is 0 Å². The molecule has 0 aliphatic rings. The molecule has 1 aromatic heterocycles. The summed E-state index contributed by atoms with van der Waals surface area (Å²) in [5.74, 6) is -0.131. The van der Waals surface area contributed by atoms with E-state index in [2.05, 4.69) is 15.7 Å². The van der Waals surface area contributed by atoms with E-state index in [-0.39, 0.29) is 24.2 Å². The summed E-state index contributed by atoms with van der Waals surface area (Å²) in [7, 11) is 0. The first kappa shape index (κ1) is 29.7. The fourth-order valence-corrected chi connectivity index (χ4v) is 4.16. The fourth-order valence-electron chi connectivity index (χ4n) is 3.95. The van der Waals surface area contributed by atoms with Crippen molar-refractivity contribution in [3.05, 3.63) is 107 Å². The molecular formula is C30H29ClF3N5O2. The van der Waals surface area contributed by atoms with E-state index in [9.17, 15) is 22.8 Å². The third kappa shape index (κ3) is 7.67. The summed E-state index contributed by atoms with van der Waals surface area (Å²) in [6, 6.07) is 21.3. The van der Waals surface area contributed by atoms with Gasteiger partial charge in [0.25, 0.3) is 0 Å². The minimum absolute atomic E-state index is 0.0811. The van der Waals surface area contributed by atoms with E-state index >= 15 is 0 Å². The number of nitrogens with one attached hydrogen (secondary N) is 2. The highest BCUT2D eigenvalue weighted by Crippen LogP contribution is 2.31. The van der Waals surface area contributed by atoms with Gasteiger partial charge in [0.1, 0.15) is 12.4 Å². The van der Waals surface area contributed by atoms with E-state index in [0.717, 1.165) is 29.8 Å². The Kier molecular flexibility index (Phi) is 8.72. The van der Waals surface area contributed by atoms with Crippen LogP contribution in [0.5, 0.6) is 0 Å². The molecule has 0 atom stereocenters. The van der Waals surface area contributed by atoms with Crippen molar-refractivity contribution in [1.29, 1.82) is 0 Å². The lowest BCUT2D eigenvalue weighted by Gasteiger charge is -2.23. The first-order valence-electron chi connectivity index (χ1n) is 12.7. The zero-order chi connectivity index (χ0) is 29.8. The second-order valence-corrected chi connectivity index (χ2v) is 10.8. The van der Waals surface area contributed by atoms with Crippen molar-refractivity contribution >= 4 is 35.0 Å². The molecule has 0 saturated heterocycles.